The number of hydrogen-bond donors (Lipinski definition) is 2. The molecule has 0 aliphatic heterocycles. The van der Waals surface area contributed by atoms with Crippen molar-refractivity contribution in [2.45, 2.75) is 19.4 Å². The van der Waals surface area contributed by atoms with Gasteiger partial charge in [-0.2, -0.15) is 0 Å². The molecular formula is C12H13N3O3. The van der Waals surface area contributed by atoms with Crippen molar-refractivity contribution in [3.8, 4) is 0 Å². The largest absolute Gasteiger partial charge is 0.480 e. The molecule has 0 spiro atoms. The molecule has 18 heavy (non-hydrogen) atoms. The van der Waals surface area contributed by atoms with Crippen LogP contribution in [0.1, 0.15) is 23.8 Å². The lowest BCUT2D eigenvalue weighted by atomic mass is 10.2. The van der Waals surface area contributed by atoms with E-state index >= 15 is 0 Å². The van der Waals surface area contributed by atoms with E-state index in [-0.39, 0.29) is 5.69 Å². The summed E-state index contributed by atoms with van der Waals surface area (Å²) in [5.74, 6) is -1.53. The first kappa shape index (κ1) is 12.1. The minimum atomic E-state index is -1.05. The van der Waals surface area contributed by atoms with E-state index in [1.165, 1.54) is 0 Å². The first-order valence-corrected chi connectivity index (χ1v) is 5.59. The number of pyridine rings is 1. The van der Waals surface area contributed by atoms with E-state index in [1.54, 1.807) is 29.8 Å². The van der Waals surface area contributed by atoms with Crippen molar-refractivity contribution in [1.82, 2.24) is 14.7 Å². The number of nitrogens with zero attached hydrogens (tertiary/aromatic N) is 2. The van der Waals surface area contributed by atoms with E-state index in [1.807, 2.05) is 12.1 Å². The van der Waals surface area contributed by atoms with Crippen LogP contribution in [0.25, 0.3) is 5.65 Å². The summed E-state index contributed by atoms with van der Waals surface area (Å²) in [5.41, 5.74) is 0.854. The topological polar surface area (TPSA) is 83.7 Å². The lowest BCUT2D eigenvalue weighted by Crippen LogP contribution is -2.40. The van der Waals surface area contributed by atoms with Gasteiger partial charge in [-0.15, -0.1) is 0 Å². The third-order valence-corrected chi connectivity index (χ3v) is 2.61. The van der Waals surface area contributed by atoms with Crippen molar-refractivity contribution in [2.24, 2.45) is 0 Å². The second-order valence-corrected chi connectivity index (χ2v) is 3.86. The molecule has 0 saturated heterocycles. The van der Waals surface area contributed by atoms with Crippen LogP contribution in [0.4, 0.5) is 0 Å². The molecule has 2 rings (SSSR count). The molecular weight excluding hydrogens is 234 g/mol. The first-order chi connectivity index (χ1) is 8.61. The fourth-order valence-electron chi connectivity index (χ4n) is 1.61. The minimum Gasteiger partial charge on any atom is -0.480 e. The zero-order chi connectivity index (χ0) is 13.1. The van der Waals surface area contributed by atoms with Crippen molar-refractivity contribution >= 4 is 17.5 Å². The number of carboxylic acids is 1. The number of aliphatic carboxylic acids is 1. The summed E-state index contributed by atoms with van der Waals surface area (Å²) in [6, 6.07) is 4.52. The summed E-state index contributed by atoms with van der Waals surface area (Å²) in [6.45, 7) is 1.70. The highest BCUT2D eigenvalue weighted by Crippen LogP contribution is 2.05. The molecule has 0 unspecified atom stereocenters. The molecule has 0 radical (unpaired) electrons. The second-order valence-electron chi connectivity index (χ2n) is 3.86. The summed E-state index contributed by atoms with van der Waals surface area (Å²) in [4.78, 5) is 26.8. The first-order valence-electron chi connectivity index (χ1n) is 5.59. The molecule has 94 valence electrons. The lowest BCUT2D eigenvalue weighted by Gasteiger charge is -2.10. The molecule has 2 heterocycles. The zero-order valence-electron chi connectivity index (χ0n) is 9.83. The Morgan fingerprint density at radius 2 is 2.28 bits per heavy atom. The molecule has 0 aliphatic rings. The number of hydrogen-bond acceptors (Lipinski definition) is 3. The fourth-order valence-corrected chi connectivity index (χ4v) is 1.61. The zero-order valence-corrected chi connectivity index (χ0v) is 9.83. The van der Waals surface area contributed by atoms with Crippen molar-refractivity contribution in [3.63, 3.8) is 0 Å². The Morgan fingerprint density at radius 1 is 1.50 bits per heavy atom. The smallest absolute Gasteiger partial charge is 0.326 e. The lowest BCUT2D eigenvalue weighted by molar-refractivity contribution is -0.139. The van der Waals surface area contributed by atoms with Crippen molar-refractivity contribution in [1.29, 1.82) is 0 Å². The van der Waals surface area contributed by atoms with Crippen LogP contribution in [-0.2, 0) is 4.79 Å². The van der Waals surface area contributed by atoms with Gasteiger partial charge in [-0.05, 0) is 18.6 Å². The highest BCUT2D eigenvalue weighted by atomic mass is 16.4. The maximum Gasteiger partial charge on any atom is 0.326 e. The van der Waals surface area contributed by atoms with Gasteiger partial charge in [0.25, 0.3) is 5.91 Å². The molecule has 6 heteroatoms. The van der Waals surface area contributed by atoms with Crippen LogP contribution in [0.15, 0.2) is 30.6 Å². The third-order valence-electron chi connectivity index (χ3n) is 2.61. The van der Waals surface area contributed by atoms with Crippen LogP contribution in [0.2, 0.25) is 0 Å². The van der Waals surface area contributed by atoms with Gasteiger partial charge in [0.2, 0.25) is 0 Å². The van der Waals surface area contributed by atoms with Crippen LogP contribution in [0.3, 0.4) is 0 Å². The number of amides is 1. The van der Waals surface area contributed by atoms with Crippen molar-refractivity contribution < 1.29 is 14.7 Å². The number of nitrogens with one attached hydrogen (secondary N) is 1. The molecule has 6 nitrogen and oxygen atoms in total. The molecule has 0 aliphatic carbocycles. The molecule has 0 saturated carbocycles. The Morgan fingerprint density at radius 3 is 2.89 bits per heavy atom. The Hall–Kier alpha value is -2.37. The highest BCUT2D eigenvalue weighted by Gasteiger charge is 2.19. The molecule has 1 amide bonds. The predicted molar refractivity (Wildman–Crippen MR) is 64.4 cm³/mol. The fraction of sp³-hybridized carbons (Fsp3) is 0.250. The number of carbonyl (C=O) groups excluding carboxylic acids is 1. The SMILES string of the molecule is CC[C@H](NC(=O)c1cn2ccccc2n1)C(=O)O. The monoisotopic (exact) mass is 247 g/mol. The van der Waals surface area contributed by atoms with Gasteiger partial charge in [0.05, 0.1) is 0 Å². The average molecular weight is 247 g/mol. The van der Waals surface area contributed by atoms with E-state index < -0.39 is 17.9 Å². The number of aromatic nitrogens is 2. The number of imidazole rings is 1. The average Bonchev–Trinajstić information content (AvgIpc) is 2.79. The maximum absolute atomic E-state index is 11.8. The van der Waals surface area contributed by atoms with Crippen LogP contribution in [-0.4, -0.2) is 32.4 Å². The maximum atomic E-state index is 11.8. The molecule has 0 bridgehead atoms. The predicted octanol–water partition coefficient (Wildman–Crippen LogP) is 0.927. The van der Waals surface area contributed by atoms with Gasteiger partial charge in [-0.25, -0.2) is 9.78 Å². The Kier molecular flexibility index (Phi) is 3.27. The Balaban J connectivity index is 2.20. The van der Waals surface area contributed by atoms with Crippen LogP contribution >= 0.6 is 0 Å². The number of rotatable bonds is 4. The van der Waals surface area contributed by atoms with Crippen molar-refractivity contribution in [3.05, 3.63) is 36.3 Å². The summed E-state index contributed by atoms with van der Waals surface area (Å²) in [5, 5.41) is 11.3. The van der Waals surface area contributed by atoms with E-state index in [0.29, 0.717) is 12.1 Å². The van der Waals surface area contributed by atoms with Gasteiger partial charge < -0.3 is 14.8 Å². The standard InChI is InChI=1S/C12H13N3O3/c1-2-8(12(17)18)14-11(16)9-7-15-6-4-3-5-10(15)13-9/h3-8H,2H2,1H3,(H,14,16)(H,17,18)/t8-/m0/s1. The van der Waals surface area contributed by atoms with E-state index in [2.05, 4.69) is 10.3 Å². The molecule has 0 aromatic carbocycles. The van der Waals surface area contributed by atoms with Gasteiger partial charge in [0.1, 0.15) is 17.4 Å². The minimum absolute atomic E-state index is 0.209. The van der Waals surface area contributed by atoms with E-state index in [9.17, 15) is 9.59 Å². The Labute approximate surface area is 103 Å². The van der Waals surface area contributed by atoms with E-state index in [0.717, 1.165) is 0 Å². The Bertz CT molecular complexity index is 558. The van der Waals surface area contributed by atoms with Gasteiger partial charge in [0, 0.05) is 12.4 Å². The third kappa shape index (κ3) is 2.32. The molecule has 2 N–H and O–H groups in total. The van der Waals surface area contributed by atoms with Crippen LogP contribution in [0, 0.1) is 0 Å². The van der Waals surface area contributed by atoms with Gasteiger partial charge in [-0.1, -0.05) is 13.0 Å². The molecule has 1 atom stereocenters. The number of fused-ring (bicyclic) bond motifs is 1. The van der Waals surface area contributed by atoms with Crippen molar-refractivity contribution in [2.75, 3.05) is 0 Å². The normalized spacial score (nSPS) is 12.3. The second kappa shape index (κ2) is 4.87. The molecule has 0 fully saturated rings. The van der Waals surface area contributed by atoms with Crippen LogP contribution in [0.5, 0.6) is 0 Å². The van der Waals surface area contributed by atoms with Gasteiger partial charge in [-0.3, -0.25) is 4.79 Å². The summed E-state index contributed by atoms with van der Waals surface area (Å²) >= 11 is 0. The summed E-state index contributed by atoms with van der Waals surface area (Å²) < 4.78 is 1.70. The van der Waals surface area contributed by atoms with Gasteiger partial charge in [0.15, 0.2) is 0 Å². The quantitative estimate of drug-likeness (QED) is 0.841. The van der Waals surface area contributed by atoms with E-state index in [4.69, 9.17) is 5.11 Å². The number of carbonyl (C=O) groups is 2. The number of carboxylic acid groups (broad SMARTS) is 1. The summed E-state index contributed by atoms with van der Waals surface area (Å²) in [7, 11) is 0. The van der Waals surface area contributed by atoms with Crippen LogP contribution < -0.4 is 5.32 Å². The molecule has 2 aromatic rings. The molecule has 2 aromatic heterocycles. The van der Waals surface area contributed by atoms with Gasteiger partial charge >= 0.3 is 5.97 Å². The highest BCUT2D eigenvalue weighted by molar-refractivity contribution is 5.95. The summed E-state index contributed by atoms with van der Waals surface area (Å²) in [6.07, 6.45) is 3.67.